The average molecular weight is 232 g/mol. The van der Waals surface area contributed by atoms with E-state index >= 15 is 0 Å². The molecule has 0 saturated heterocycles. The van der Waals surface area contributed by atoms with Crippen LogP contribution in [0.5, 0.6) is 5.75 Å². The number of carbonyl (C=O) groups excluding carboxylic acids is 2. The molecule has 1 aromatic carbocycles. The number of aromatic hydroxyl groups is 1. The van der Waals surface area contributed by atoms with E-state index in [0.717, 1.165) is 16.7 Å². The maximum absolute atomic E-state index is 11.9. The van der Waals surface area contributed by atoms with Gasteiger partial charge >= 0.3 is 0 Å². The van der Waals surface area contributed by atoms with Crippen molar-refractivity contribution in [2.45, 2.75) is 39.0 Å². The van der Waals surface area contributed by atoms with E-state index in [4.69, 9.17) is 0 Å². The molecule has 1 fully saturated rings. The second-order valence-corrected chi connectivity index (χ2v) is 4.71. The van der Waals surface area contributed by atoms with Crippen molar-refractivity contribution in [2.75, 3.05) is 0 Å². The van der Waals surface area contributed by atoms with Gasteiger partial charge in [0, 0.05) is 12.8 Å². The van der Waals surface area contributed by atoms with Gasteiger partial charge in [-0.15, -0.1) is 0 Å². The van der Waals surface area contributed by atoms with Gasteiger partial charge < -0.3 is 5.11 Å². The van der Waals surface area contributed by atoms with E-state index in [1.54, 1.807) is 12.1 Å². The molecular formula is C14H16O3. The number of rotatable bonds is 1. The van der Waals surface area contributed by atoms with Crippen LogP contribution in [0.15, 0.2) is 12.1 Å². The number of phenols is 1. The Bertz CT molecular complexity index is 449. The molecule has 3 nitrogen and oxygen atoms in total. The summed E-state index contributed by atoms with van der Waals surface area (Å²) in [7, 11) is 0. The molecule has 0 radical (unpaired) electrons. The number of benzene rings is 1. The summed E-state index contributed by atoms with van der Waals surface area (Å²) in [6.45, 7) is 3.66. The molecular weight excluding hydrogens is 216 g/mol. The minimum absolute atomic E-state index is 0.0122. The van der Waals surface area contributed by atoms with Crippen molar-refractivity contribution in [3.8, 4) is 5.75 Å². The van der Waals surface area contributed by atoms with Gasteiger partial charge in [-0.05, 0) is 49.1 Å². The zero-order chi connectivity index (χ0) is 12.6. The Balaban J connectivity index is 2.52. The number of Topliss-reactive ketones (excluding diaryl/α,β-unsaturated/α-hetero) is 2. The highest BCUT2D eigenvalue weighted by Gasteiger charge is 2.33. The smallest absolute Gasteiger partial charge is 0.147 e. The normalized spacial score (nSPS) is 17.5. The highest BCUT2D eigenvalue weighted by molar-refractivity contribution is 6.09. The fourth-order valence-corrected chi connectivity index (χ4v) is 2.63. The van der Waals surface area contributed by atoms with Gasteiger partial charge in [-0.1, -0.05) is 0 Å². The number of hydrogen-bond donors (Lipinski definition) is 1. The Hall–Kier alpha value is -1.64. The maximum Gasteiger partial charge on any atom is 0.147 e. The number of carbonyl (C=O) groups is 2. The van der Waals surface area contributed by atoms with E-state index in [-0.39, 0.29) is 17.3 Å². The van der Waals surface area contributed by atoms with Gasteiger partial charge in [0.1, 0.15) is 23.2 Å². The van der Waals surface area contributed by atoms with Crippen LogP contribution < -0.4 is 0 Å². The predicted octanol–water partition coefficient (Wildman–Crippen LogP) is 2.41. The Kier molecular flexibility index (Phi) is 3.01. The lowest BCUT2D eigenvalue weighted by molar-refractivity contribution is -0.131. The SMILES string of the molecule is Cc1cc(O)cc(C)c1C1C(=O)CCCC1=O. The van der Waals surface area contributed by atoms with Crippen molar-refractivity contribution in [3.05, 3.63) is 28.8 Å². The lowest BCUT2D eigenvalue weighted by Gasteiger charge is -2.23. The van der Waals surface area contributed by atoms with Crippen molar-refractivity contribution >= 4 is 11.6 Å². The molecule has 0 amide bonds. The molecule has 1 aromatic rings. The summed E-state index contributed by atoms with van der Waals surface area (Å²) in [5, 5.41) is 9.48. The molecule has 0 heterocycles. The summed E-state index contributed by atoms with van der Waals surface area (Å²) in [6.07, 6.45) is 1.64. The van der Waals surface area contributed by atoms with Gasteiger partial charge in [0.2, 0.25) is 0 Å². The van der Waals surface area contributed by atoms with Crippen molar-refractivity contribution < 1.29 is 14.7 Å². The van der Waals surface area contributed by atoms with Gasteiger partial charge in [-0.25, -0.2) is 0 Å². The molecule has 0 atom stereocenters. The second-order valence-electron chi connectivity index (χ2n) is 4.71. The largest absolute Gasteiger partial charge is 0.508 e. The summed E-state index contributed by atoms with van der Waals surface area (Å²) in [6, 6.07) is 3.22. The minimum atomic E-state index is -0.607. The molecule has 17 heavy (non-hydrogen) atoms. The van der Waals surface area contributed by atoms with E-state index in [1.807, 2.05) is 13.8 Å². The number of ketones is 2. The third-order valence-corrected chi connectivity index (χ3v) is 3.36. The first kappa shape index (κ1) is 11.8. The Labute approximate surface area is 100 Å². The highest BCUT2D eigenvalue weighted by Crippen LogP contribution is 2.33. The zero-order valence-electron chi connectivity index (χ0n) is 10.1. The lowest BCUT2D eigenvalue weighted by Crippen LogP contribution is -2.27. The van der Waals surface area contributed by atoms with E-state index in [0.29, 0.717) is 19.3 Å². The molecule has 1 saturated carbocycles. The van der Waals surface area contributed by atoms with Crippen LogP contribution in [-0.4, -0.2) is 16.7 Å². The molecule has 1 aliphatic carbocycles. The highest BCUT2D eigenvalue weighted by atomic mass is 16.3. The van der Waals surface area contributed by atoms with Gasteiger partial charge in [0.15, 0.2) is 0 Å². The Morgan fingerprint density at radius 3 is 2.00 bits per heavy atom. The minimum Gasteiger partial charge on any atom is -0.508 e. The van der Waals surface area contributed by atoms with Gasteiger partial charge in [0.25, 0.3) is 0 Å². The monoisotopic (exact) mass is 232 g/mol. The molecule has 0 bridgehead atoms. The number of phenolic OH excluding ortho intramolecular Hbond substituents is 1. The van der Waals surface area contributed by atoms with E-state index in [2.05, 4.69) is 0 Å². The van der Waals surface area contributed by atoms with Crippen molar-refractivity contribution in [1.82, 2.24) is 0 Å². The topological polar surface area (TPSA) is 54.4 Å². The first-order chi connectivity index (χ1) is 8.00. The Morgan fingerprint density at radius 1 is 1.06 bits per heavy atom. The molecule has 2 rings (SSSR count). The van der Waals surface area contributed by atoms with Crippen LogP contribution in [0.25, 0.3) is 0 Å². The maximum atomic E-state index is 11.9. The van der Waals surface area contributed by atoms with Crippen LogP contribution in [0.4, 0.5) is 0 Å². The number of hydrogen-bond acceptors (Lipinski definition) is 3. The first-order valence-electron chi connectivity index (χ1n) is 5.86. The zero-order valence-corrected chi connectivity index (χ0v) is 10.1. The lowest BCUT2D eigenvalue weighted by atomic mass is 9.78. The average Bonchev–Trinajstić information content (AvgIpc) is 2.21. The molecule has 0 aromatic heterocycles. The first-order valence-corrected chi connectivity index (χ1v) is 5.86. The summed E-state index contributed by atoms with van der Waals surface area (Å²) in [4.78, 5) is 23.8. The fourth-order valence-electron chi connectivity index (χ4n) is 2.63. The van der Waals surface area contributed by atoms with Crippen molar-refractivity contribution in [3.63, 3.8) is 0 Å². The molecule has 0 unspecified atom stereocenters. The van der Waals surface area contributed by atoms with Crippen LogP contribution in [-0.2, 0) is 9.59 Å². The molecule has 1 aliphatic rings. The summed E-state index contributed by atoms with van der Waals surface area (Å²) < 4.78 is 0. The van der Waals surface area contributed by atoms with Crippen LogP contribution in [0, 0.1) is 13.8 Å². The quantitative estimate of drug-likeness (QED) is 0.756. The molecule has 90 valence electrons. The van der Waals surface area contributed by atoms with Crippen LogP contribution in [0.3, 0.4) is 0 Å². The van der Waals surface area contributed by atoms with Crippen molar-refractivity contribution in [2.24, 2.45) is 0 Å². The van der Waals surface area contributed by atoms with Gasteiger partial charge in [-0.3, -0.25) is 9.59 Å². The summed E-state index contributed by atoms with van der Waals surface area (Å²) in [5.74, 6) is -0.403. The number of aryl methyl sites for hydroxylation is 2. The summed E-state index contributed by atoms with van der Waals surface area (Å²) in [5.41, 5.74) is 2.42. The van der Waals surface area contributed by atoms with Gasteiger partial charge in [0.05, 0.1) is 0 Å². The second kappa shape index (κ2) is 4.32. The van der Waals surface area contributed by atoms with Crippen LogP contribution in [0.1, 0.15) is 41.9 Å². The Morgan fingerprint density at radius 2 is 1.53 bits per heavy atom. The molecule has 3 heteroatoms. The summed E-state index contributed by atoms with van der Waals surface area (Å²) >= 11 is 0. The van der Waals surface area contributed by atoms with E-state index in [9.17, 15) is 14.7 Å². The molecule has 1 N–H and O–H groups in total. The van der Waals surface area contributed by atoms with E-state index in [1.165, 1.54) is 0 Å². The standard InChI is InChI=1S/C14H16O3/c1-8-6-10(15)7-9(2)13(8)14-11(16)4-3-5-12(14)17/h6-7,14-15H,3-5H2,1-2H3. The van der Waals surface area contributed by atoms with Gasteiger partial charge in [-0.2, -0.15) is 0 Å². The van der Waals surface area contributed by atoms with Crippen LogP contribution >= 0.6 is 0 Å². The predicted molar refractivity (Wildman–Crippen MR) is 64.2 cm³/mol. The van der Waals surface area contributed by atoms with Crippen molar-refractivity contribution in [1.29, 1.82) is 0 Å². The third kappa shape index (κ3) is 2.09. The van der Waals surface area contributed by atoms with Crippen LogP contribution in [0.2, 0.25) is 0 Å². The van der Waals surface area contributed by atoms with E-state index < -0.39 is 5.92 Å². The fraction of sp³-hybridized carbons (Fsp3) is 0.429. The molecule has 0 spiro atoms. The molecule has 0 aliphatic heterocycles. The third-order valence-electron chi connectivity index (χ3n) is 3.36.